The van der Waals surface area contributed by atoms with Crippen molar-refractivity contribution in [1.29, 1.82) is 0 Å². The Kier molecular flexibility index (Phi) is 2.56. The number of rotatable bonds is 2. The zero-order valence-corrected chi connectivity index (χ0v) is 8.94. The molecule has 1 N–H and O–H groups in total. The standard InChI is InChI=1S/C12H14N2O/c1-9-7-11(8-15)10(2)14(9)12-3-5-13-6-4-12/h3-7,15H,8H2,1-2H3. The fourth-order valence-electron chi connectivity index (χ4n) is 1.88. The number of nitrogens with zero attached hydrogens (tertiary/aromatic N) is 2. The first-order chi connectivity index (χ1) is 7.24. The maximum atomic E-state index is 9.18. The first-order valence-corrected chi connectivity index (χ1v) is 4.93. The summed E-state index contributed by atoms with van der Waals surface area (Å²) in [6.45, 7) is 4.14. The Labute approximate surface area is 89.0 Å². The van der Waals surface area contributed by atoms with E-state index in [2.05, 4.69) is 9.55 Å². The molecule has 0 atom stereocenters. The van der Waals surface area contributed by atoms with Crippen LogP contribution in [0.15, 0.2) is 30.6 Å². The third kappa shape index (κ3) is 1.66. The summed E-state index contributed by atoms with van der Waals surface area (Å²) in [5, 5.41) is 9.18. The molecule has 0 spiro atoms. The van der Waals surface area contributed by atoms with Crippen molar-refractivity contribution < 1.29 is 5.11 Å². The molecule has 0 unspecified atom stereocenters. The Morgan fingerprint density at radius 1 is 1.27 bits per heavy atom. The van der Waals surface area contributed by atoms with Crippen LogP contribution in [-0.2, 0) is 6.61 Å². The Bertz CT molecular complexity index is 460. The fourth-order valence-corrected chi connectivity index (χ4v) is 1.88. The second kappa shape index (κ2) is 3.87. The number of hydrogen-bond acceptors (Lipinski definition) is 2. The van der Waals surface area contributed by atoms with Gasteiger partial charge in [-0.3, -0.25) is 4.98 Å². The summed E-state index contributed by atoms with van der Waals surface area (Å²) in [7, 11) is 0. The quantitative estimate of drug-likeness (QED) is 0.808. The Morgan fingerprint density at radius 3 is 2.47 bits per heavy atom. The number of aromatic nitrogens is 2. The summed E-state index contributed by atoms with van der Waals surface area (Å²) < 4.78 is 2.12. The van der Waals surface area contributed by atoms with Crippen LogP contribution in [0.1, 0.15) is 17.0 Å². The van der Waals surface area contributed by atoms with E-state index >= 15 is 0 Å². The number of pyridine rings is 1. The second-order valence-electron chi connectivity index (χ2n) is 3.60. The van der Waals surface area contributed by atoms with Crippen LogP contribution in [0.25, 0.3) is 5.69 Å². The fraction of sp³-hybridized carbons (Fsp3) is 0.250. The minimum absolute atomic E-state index is 0.0881. The van der Waals surface area contributed by atoms with Gasteiger partial charge >= 0.3 is 0 Å². The van der Waals surface area contributed by atoms with Crippen molar-refractivity contribution in [1.82, 2.24) is 9.55 Å². The van der Waals surface area contributed by atoms with Gasteiger partial charge in [-0.25, -0.2) is 0 Å². The van der Waals surface area contributed by atoms with E-state index in [9.17, 15) is 5.11 Å². The molecule has 0 saturated carbocycles. The average molecular weight is 202 g/mol. The van der Waals surface area contributed by atoms with Crippen LogP contribution in [0.4, 0.5) is 0 Å². The van der Waals surface area contributed by atoms with Crippen LogP contribution in [0.3, 0.4) is 0 Å². The van der Waals surface area contributed by atoms with Crippen molar-refractivity contribution in [3.63, 3.8) is 0 Å². The van der Waals surface area contributed by atoms with Crippen molar-refractivity contribution >= 4 is 0 Å². The molecule has 0 aliphatic heterocycles. The Morgan fingerprint density at radius 2 is 1.93 bits per heavy atom. The molecule has 2 heterocycles. The largest absolute Gasteiger partial charge is 0.392 e. The predicted octanol–water partition coefficient (Wildman–Crippen LogP) is 1.98. The van der Waals surface area contributed by atoms with Crippen LogP contribution >= 0.6 is 0 Å². The lowest BCUT2D eigenvalue weighted by Gasteiger charge is -2.08. The molecular formula is C12H14N2O. The van der Waals surface area contributed by atoms with E-state index in [4.69, 9.17) is 0 Å². The molecule has 2 aromatic heterocycles. The first kappa shape index (κ1) is 9.93. The molecule has 15 heavy (non-hydrogen) atoms. The van der Waals surface area contributed by atoms with Gasteiger partial charge in [-0.15, -0.1) is 0 Å². The molecule has 0 bridgehead atoms. The SMILES string of the molecule is Cc1cc(CO)c(C)n1-c1ccncc1. The van der Waals surface area contributed by atoms with Crippen molar-refractivity contribution in [2.24, 2.45) is 0 Å². The molecule has 0 radical (unpaired) electrons. The number of aliphatic hydroxyl groups is 1. The molecule has 2 aromatic rings. The predicted molar refractivity (Wildman–Crippen MR) is 59.0 cm³/mol. The maximum Gasteiger partial charge on any atom is 0.0699 e. The monoisotopic (exact) mass is 202 g/mol. The molecule has 0 fully saturated rings. The topological polar surface area (TPSA) is 38.0 Å². The Hall–Kier alpha value is -1.61. The van der Waals surface area contributed by atoms with E-state index in [0.717, 1.165) is 22.6 Å². The molecule has 0 aromatic carbocycles. The molecule has 0 aliphatic carbocycles. The number of aryl methyl sites for hydroxylation is 1. The van der Waals surface area contributed by atoms with Crippen molar-refractivity contribution in [2.75, 3.05) is 0 Å². The van der Waals surface area contributed by atoms with E-state index in [0.29, 0.717) is 0 Å². The number of hydrogen-bond donors (Lipinski definition) is 1. The number of aliphatic hydroxyl groups excluding tert-OH is 1. The lowest BCUT2D eigenvalue weighted by Crippen LogP contribution is -1.99. The maximum absolute atomic E-state index is 9.18. The van der Waals surface area contributed by atoms with Crippen molar-refractivity contribution in [3.05, 3.63) is 47.5 Å². The highest BCUT2D eigenvalue weighted by atomic mass is 16.3. The van der Waals surface area contributed by atoms with Crippen LogP contribution in [0.5, 0.6) is 0 Å². The van der Waals surface area contributed by atoms with E-state index in [-0.39, 0.29) is 6.61 Å². The van der Waals surface area contributed by atoms with Gasteiger partial charge in [0.25, 0.3) is 0 Å². The lowest BCUT2D eigenvalue weighted by atomic mass is 10.2. The molecule has 3 nitrogen and oxygen atoms in total. The van der Waals surface area contributed by atoms with Gasteiger partial charge in [-0.1, -0.05) is 0 Å². The molecule has 0 saturated heterocycles. The summed E-state index contributed by atoms with van der Waals surface area (Å²) >= 11 is 0. The van der Waals surface area contributed by atoms with Gasteiger partial charge in [0, 0.05) is 29.5 Å². The van der Waals surface area contributed by atoms with Crippen LogP contribution in [0, 0.1) is 13.8 Å². The van der Waals surface area contributed by atoms with Gasteiger partial charge < -0.3 is 9.67 Å². The van der Waals surface area contributed by atoms with Crippen LogP contribution in [-0.4, -0.2) is 14.7 Å². The lowest BCUT2D eigenvalue weighted by molar-refractivity contribution is 0.281. The van der Waals surface area contributed by atoms with E-state index in [1.807, 2.05) is 32.0 Å². The zero-order chi connectivity index (χ0) is 10.8. The third-order valence-corrected chi connectivity index (χ3v) is 2.63. The zero-order valence-electron chi connectivity index (χ0n) is 8.94. The highest BCUT2D eigenvalue weighted by molar-refractivity contribution is 5.39. The summed E-state index contributed by atoms with van der Waals surface area (Å²) in [6.07, 6.45) is 3.54. The van der Waals surface area contributed by atoms with Gasteiger partial charge in [0.1, 0.15) is 0 Å². The van der Waals surface area contributed by atoms with Gasteiger partial charge in [-0.2, -0.15) is 0 Å². The average Bonchev–Trinajstić information content (AvgIpc) is 2.55. The third-order valence-electron chi connectivity index (χ3n) is 2.63. The molecule has 0 aliphatic rings. The normalized spacial score (nSPS) is 10.6. The van der Waals surface area contributed by atoms with Crippen molar-refractivity contribution in [3.8, 4) is 5.69 Å². The second-order valence-corrected chi connectivity index (χ2v) is 3.60. The molecule has 78 valence electrons. The summed E-state index contributed by atoms with van der Waals surface area (Å²) in [4.78, 5) is 3.99. The van der Waals surface area contributed by atoms with Gasteiger partial charge in [0.15, 0.2) is 0 Å². The molecule has 2 rings (SSSR count). The highest BCUT2D eigenvalue weighted by Crippen LogP contribution is 2.19. The molecular weight excluding hydrogens is 188 g/mol. The first-order valence-electron chi connectivity index (χ1n) is 4.93. The van der Waals surface area contributed by atoms with Crippen LogP contribution < -0.4 is 0 Å². The van der Waals surface area contributed by atoms with E-state index in [1.54, 1.807) is 12.4 Å². The summed E-state index contributed by atoms with van der Waals surface area (Å²) in [6, 6.07) is 5.93. The molecule has 3 heteroatoms. The minimum atomic E-state index is 0.0881. The van der Waals surface area contributed by atoms with Gasteiger partial charge in [0.05, 0.1) is 6.61 Å². The summed E-state index contributed by atoms with van der Waals surface area (Å²) in [5.41, 5.74) is 4.27. The van der Waals surface area contributed by atoms with Gasteiger partial charge in [-0.05, 0) is 37.6 Å². The summed E-state index contributed by atoms with van der Waals surface area (Å²) in [5.74, 6) is 0. The smallest absolute Gasteiger partial charge is 0.0699 e. The van der Waals surface area contributed by atoms with Crippen LogP contribution in [0.2, 0.25) is 0 Å². The highest BCUT2D eigenvalue weighted by Gasteiger charge is 2.08. The van der Waals surface area contributed by atoms with E-state index in [1.165, 1.54) is 0 Å². The minimum Gasteiger partial charge on any atom is -0.392 e. The molecule has 0 amide bonds. The van der Waals surface area contributed by atoms with E-state index < -0.39 is 0 Å². The van der Waals surface area contributed by atoms with Gasteiger partial charge in [0.2, 0.25) is 0 Å². The van der Waals surface area contributed by atoms with Crippen molar-refractivity contribution in [2.45, 2.75) is 20.5 Å². The Balaban J connectivity index is 2.58.